The van der Waals surface area contributed by atoms with Crippen molar-refractivity contribution >= 4 is 5.97 Å². The average molecular weight is 250 g/mol. The van der Waals surface area contributed by atoms with Gasteiger partial charge in [0.25, 0.3) is 0 Å². The Morgan fingerprint density at radius 3 is 2.61 bits per heavy atom. The SMILES string of the molecule is COc1ccc(C(O)(CC(=O)O)C2CC2)cc1C. The molecule has 2 rings (SSSR count). The van der Waals surface area contributed by atoms with Crippen LogP contribution >= 0.6 is 0 Å². The topological polar surface area (TPSA) is 66.8 Å². The summed E-state index contributed by atoms with van der Waals surface area (Å²) in [6, 6.07) is 5.35. The van der Waals surface area contributed by atoms with Gasteiger partial charge in [0.1, 0.15) is 11.4 Å². The molecule has 0 aromatic heterocycles. The van der Waals surface area contributed by atoms with Gasteiger partial charge in [-0.25, -0.2) is 0 Å². The summed E-state index contributed by atoms with van der Waals surface area (Å²) in [6.07, 6.45) is 1.52. The Hall–Kier alpha value is -1.55. The van der Waals surface area contributed by atoms with E-state index in [4.69, 9.17) is 9.84 Å². The lowest BCUT2D eigenvalue weighted by molar-refractivity contribution is -0.144. The van der Waals surface area contributed by atoms with E-state index in [-0.39, 0.29) is 12.3 Å². The van der Waals surface area contributed by atoms with Crippen molar-refractivity contribution in [3.63, 3.8) is 0 Å². The number of ether oxygens (including phenoxy) is 1. The molecular weight excluding hydrogens is 232 g/mol. The van der Waals surface area contributed by atoms with E-state index >= 15 is 0 Å². The van der Waals surface area contributed by atoms with Gasteiger partial charge in [-0.3, -0.25) is 4.79 Å². The molecule has 1 unspecified atom stereocenters. The molecule has 98 valence electrons. The third-order valence-corrected chi connectivity index (χ3v) is 3.57. The second-order valence-electron chi connectivity index (χ2n) is 4.95. The minimum absolute atomic E-state index is 0.0568. The van der Waals surface area contributed by atoms with Crippen LogP contribution in [0.4, 0.5) is 0 Å². The van der Waals surface area contributed by atoms with Crippen LogP contribution in [0.1, 0.15) is 30.4 Å². The van der Waals surface area contributed by atoms with Crippen LogP contribution < -0.4 is 4.74 Å². The number of carboxylic acids is 1. The Balaban J connectivity index is 2.36. The molecular formula is C14H18O4. The Morgan fingerprint density at radius 1 is 1.50 bits per heavy atom. The Labute approximate surface area is 106 Å². The lowest BCUT2D eigenvalue weighted by Crippen LogP contribution is -2.31. The van der Waals surface area contributed by atoms with Crippen molar-refractivity contribution in [2.75, 3.05) is 7.11 Å². The summed E-state index contributed by atoms with van der Waals surface area (Å²) in [6.45, 7) is 1.89. The van der Waals surface area contributed by atoms with Crippen LogP contribution in [-0.4, -0.2) is 23.3 Å². The molecule has 18 heavy (non-hydrogen) atoms. The Bertz CT molecular complexity index is 465. The van der Waals surface area contributed by atoms with E-state index in [1.807, 2.05) is 13.0 Å². The summed E-state index contributed by atoms with van der Waals surface area (Å²) in [5.74, 6) is -0.175. The third kappa shape index (κ3) is 2.34. The van der Waals surface area contributed by atoms with Gasteiger partial charge in [-0.1, -0.05) is 6.07 Å². The van der Waals surface area contributed by atoms with Crippen LogP contribution in [-0.2, 0) is 10.4 Å². The highest BCUT2D eigenvalue weighted by Gasteiger charge is 2.46. The molecule has 0 radical (unpaired) electrons. The molecule has 0 saturated heterocycles. The predicted octanol–water partition coefficient (Wildman–Crippen LogP) is 2.08. The highest BCUT2D eigenvalue weighted by Crippen LogP contribution is 2.48. The summed E-state index contributed by atoms with van der Waals surface area (Å²) < 4.78 is 5.17. The molecule has 0 heterocycles. The van der Waals surface area contributed by atoms with Crippen molar-refractivity contribution in [3.05, 3.63) is 29.3 Å². The van der Waals surface area contributed by atoms with E-state index < -0.39 is 11.6 Å². The summed E-state index contributed by atoms with van der Waals surface area (Å²) in [7, 11) is 1.59. The van der Waals surface area contributed by atoms with Crippen LogP contribution in [0.3, 0.4) is 0 Å². The van der Waals surface area contributed by atoms with Crippen molar-refractivity contribution in [2.24, 2.45) is 5.92 Å². The van der Waals surface area contributed by atoms with Crippen molar-refractivity contribution < 1.29 is 19.7 Å². The molecule has 2 N–H and O–H groups in total. The number of aliphatic hydroxyl groups is 1. The number of carbonyl (C=O) groups is 1. The first kappa shape index (κ1) is 12.9. The molecule has 0 amide bonds. The number of aryl methyl sites for hydroxylation is 1. The summed E-state index contributed by atoms with van der Waals surface area (Å²) in [5, 5.41) is 19.6. The number of benzene rings is 1. The molecule has 1 fully saturated rings. The van der Waals surface area contributed by atoms with Gasteiger partial charge in [-0.15, -0.1) is 0 Å². The summed E-state index contributed by atoms with van der Waals surface area (Å²) in [4.78, 5) is 10.9. The summed E-state index contributed by atoms with van der Waals surface area (Å²) >= 11 is 0. The van der Waals surface area contributed by atoms with Gasteiger partial charge >= 0.3 is 5.97 Å². The monoisotopic (exact) mass is 250 g/mol. The van der Waals surface area contributed by atoms with Crippen LogP contribution in [0.25, 0.3) is 0 Å². The lowest BCUT2D eigenvalue weighted by Gasteiger charge is -2.27. The van der Waals surface area contributed by atoms with Gasteiger partial charge in [-0.2, -0.15) is 0 Å². The van der Waals surface area contributed by atoms with Crippen molar-refractivity contribution in [2.45, 2.75) is 31.8 Å². The van der Waals surface area contributed by atoms with Crippen molar-refractivity contribution in [1.82, 2.24) is 0 Å². The zero-order chi connectivity index (χ0) is 13.3. The van der Waals surface area contributed by atoms with Gasteiger partial charge in [0, 0.05) is 0 Å². The molecule has 0 aliphatic heterocycles. The fourth-order valence-electron chi connectivity index (χ4n) is 2.42. The van der Waals surface area contributed by atoms with Gasteiger partial charge < -0.3 is 14.9 Å². The van der Waals surface area contributed by atoms with Crippen LogP contribution in [0.5, 0.6) is 5.75 Å². The minimum atomic E-state index is -1.25. The first-order valence-electron chi connectivity index (χ1n) is 6.06. The highest BCUT2D eigenvalue weighted by molar-refractivity contribution is 5.69. The first-order valence-corrected chi connectivity index (χ1v) is 6.06. The quantitative estimate of drug-likeness (QED) is 0.839. The second kappa shape index (κ2) is 4.61. The first-order chi connectivity index (χ1) is 8.47. The standard InChI is InChI=1S/C14H18O4/c1-9-7-11(5-6-12(9)18-2)14(17,8-13(15)16)10-3-4-10/h5-7,10,17H,3-4,8H2,1-2H3,(H,15,16). The van der Waals surface area contributed by atoms with Gasteiger partial charge in [0.05, 0.1) is 13.5 Å². The van der Waals surface area contributed by atoms with E-state index in [0.717, 1.165) is 24.2 Å². The fourth-order valence-corrected chi connectivity index (χ4v) is 2.42. The number of aliphatic carboxylic acids is 1. The van der Waals surface area contributed by atoms with E-state index in [2.05, 4.69) is 0 Å². The Kier molecular flexibility index (Phi) is 3.30. The molecule has 1 aromatic rings. The fraction of sp³-hybridized carbons (Fsp3) is 0.500. The largest absolute Gasteiger partial charge is 0.496 e. The number of carboxylic acid groups (broad SMARTS) is 1. The molecule has 0 bridgehead atoms. The number of hydrogen-bond donors (Lipinski definition) is 2. The van der Waals surface area contributed by atoms with Gasteiger partial charge in [-0.05, 0) is 48.9 Å². The molecule has 1 aliphatic rings. The second-order valence-corrected chi connectivity index (χ2v) is 4.95. The van der Waals surface area contributed by atoms with Crippen LogP contribution in [0.15, 0.2) is 18.2 Å². The van der Waals surface area contributed by atoms with Gasteiger partial charge in [0.15, 0.2) is 0 Å². The molecule has 1 atom stereocenters. The number of methoxy groups -OCH3 is 1. The van der Waals surface area contributed by atoms with Gasteiger partial charge in [0.2, 0.25) is 0 Å². The predicted molar refractivity (Wildman–Crippen MR) is 66.6 cm³/mol. The minimum Gasteiger partial charge on any atom is -0.496 e. The zero-order valence-corrected chi connectivity index (χ0v) is 10.6. The van der Waals surface area contributed by atoms with E-state index in [1.165, 1.54) is 0 Å². The van der Waals surface area contributed by atoms with E-state index in [1.54, 1.807) is 19.2 Å². The maximum absolute atomic E-state index is 10.9. The highest BCUT2D eigenvalue weighted by atomic mass is 16.5. The normalized spacial score (nSPS) is 18.2. The molecule has 1 aliphatic carbocycles. The zero-order valence-electron chi connectivity index (χ0n) is 10.6. The maximum Gasteiger partial charge on any atom is 0.306 e. The lowest BCUT2D eigenvalue weighted by atomic mass is 9.85. The third-order valence-electron chi connectivity index (χ3n) is 3.57. The molecule has 1 saturated carbocycles. The van der Waals surface area contributed by atoms with Crippen molar-refractivity contribution in [1.29, 1.82) is 0 Å². The molecule has 0 spiro atoms. The average Bonchev–Trinajstić information content (AvgIpc) is 3.11. The van der Waals surface area contributed by atoms with E-state index in [9.17, 15) is 9.90 Å². The molecule has 4 heteroatoms. The number of hydrogen-bond acceptors (Lipinski definition) is 3. The smallest absolute Gasteiger partial charge is 0.306 e. The van der Waals surface area contributed by atoms with Crippen LogP contribution in [0.2, 0.25) is 0 Å². The molecule has 1 aromatic carbocycles. The number of rotatable bonds is 5. The Morgan fingerprint density at radius 2 is 2.17 bits per heavy atom. The van der Waals surface area contributed by atoms with Crippen LogP contribution in [0, 0.1) is 12.8 Å². The summed E-state index contributed by atoms with van der Waals surface area (Å²) in [5.41, 5.74) is 0.327. The van der Waals surface area contributed by atoms with E-state index in [0.29, 0.717) is 5.56 Å². The maximum atomic E-state index is 10.9. The molecule has 4 nitrogen and oxygen atoms in total. The van der Waals surface area contributed by atoms with Crippen molar-refractivity contribution in [3.8, 4) is 5.75 Å².